The second-order valence-corrected chi connectivity index (χ2v) is 10.3. The van der Waals surface area contributed by atoms with Crippen LogP contribution < -0.4 is 9.47 Å². The van der Waals surface area contributed by atoms with E-state index in [9.17, 15) is 9.59 Å². The van der Waals surface area contributed by atoms with Gasteiger partial charge >= 0.3 is 11.9 Å². The summed E-state index contributed by atoms with van der Waals surface area (Å²) in [6.07, 6.45) is 0.361. The van der Waals surface area contributed by atoms with Gasteiger partial charge in [0, 0.05) is 26.8 Å². The molecular formula is C32H36O6S. The van der Waals surface area contributed by atoms with E-state index in [1.54, 1.807) is 25.6 Å². The second-order valence-electron chi connectivity index (χ2n) is 9.22. The molecule has 0 aliphatic carbocycles. The summed E-state index contributed by atoms with van der Waals surface area (Å²) in [5, 5.41) is 1.72. The van der Waals surface area contributed by atoms with Crippen LogP contribution in [0.2, 0.25) is 0 Å². The third-order valence-corrected chi connectivity index (χ3v) is 6.92. The molecule has 0 heterocycles. The SMILES string of the molecule is C=C(C)C(=O)OC(CC)COc1cc(Sc2ccccc2)c(OCC(CC)OC(=O)C(=C)C)c2ccccc12. The first kappa shape index (κ1) is 29.8. The van der Waals surface area contributed by atoms with Crippen LogP contribution in [0, 0.1) is 0 Å². The fourth-order valence-corrected chi connectivity index (χ4v) is 4.56. The molecule has 2 atom stereocenters. The molecule has 0 radical (unpaired) electrons. The van der Waals surface area contributed by atoms with Gasteiger partial charge in [0.15, 0.2) is 0 Å². The Kier molecular flexibility index (Phi) is 11.1. The molecule has 0 aromatic heterocycles. The van der Waals surface area contributed by atoms with Crippen molar-refractivity contribution in [1.82, 2.24) is 0 Å². The third-order valence-electron chi connectivity index (χ3n) is 5.89. The molecule has 2 unspecified atom stereocenters. The van der Waals surface area contributed by atoms with Gasteiger partial charge in [-0.3, -0.25) is 0 Å². The van der Waals surface area contributed by atoms with Crippen molar-refractivity contribution in [2.45, 2.75) is 62.5 Å². The minimum Gasteiger partial charge on any atom is -0.489 e. The van der Waals surface area contributed by atoms with Gasteiger partial charge in [0.05, 0.1) is 4.90 Å². The van der Waals surface area contributed by atoms with E-state index in [1.807, 2.05) is 74.5 Å². The molecule has 0 aliphatic heterocycles. The summed E-state index contributed by atoms with van der Waals surface area (Å²) in [5.74, 6) is 0.465. The van der Waals surface area contributed by atoms with Crippen LogP contribution in [-0.2, 0) is 19.1 Å². The molecule has 0 fully saturated rings. The van der Waals surface area contributed by atoms with Crippen molar-refractivity contribution in [1.29, 1.82) is 0 Å². The van der Waals surface area contributed by atoms with Gasteiger partial charge in [-0.25, -0.2) is 9.59 Å². The zero-order valence-electron chi connectivity index (χ0n) is 23.0. The van der Waals surface area contributed by atoms with Gasteiger partial charge in [-0.05, 0) is 44.9 Å². The van der Waals surface area contributed by atoms with E-state index in [0.717, 1.165) is 20.6 Å². The number of fused-ring (bicyclic) bond motifs is 1. The van der Waals surface area contributed by atoms with Crippen LogP contribution in [0.15, 0.2) is 94.8 Å². The van der Waals surface area contributed by atoms with Crippen molar-refractivity contribution in [3.63, 3.8) is 0 Å². The Labute approximate surface area is 235 Å². The van der Waals surface area contributed by atoms with Crippen LogP contribution in [0.4, 0.5) is 0 Å². The number of benzene rings is 3. The average molecular weight is 549 g/mol. The Morgan fingerprint density at radius 3 is 1.82 bits per heavy atom. The van der Waals surface area contributed by atoms with Crippen LogP contribution in [0.1, 0.15) is 40.5 Å². The summed E-state index contributed by atoms with van der Waals surface area (Å²) in [5.41, 5.74) is 0.696. The lowest BCUT2D eigenvalue weighted by Crippen LogP contribution is -2.25. The van der Waals surface area contributed by atoms with Gasteiger partial charge in [0.1, 0.15) is 36.9 Å². The Bertz CT molecular complexity index is 1320. The zero-order valence-corrected chi connectivity index (χ0v) is 23.8. The summed E-state index contributed by atoms with van der Waals surface area (Å²) in [4.78, 5) is 26.1. The van der Waals surface area contributed by atoms with Crippen LogP contribution in [0.5, 0.6) is 11.5 Å². The number of hydrogen-bond donors (Lipinski definition) is 0. The van der Waals surface area contributed by atoms with E-state index in [0.29, 0.717) is 35.5 Å². The highest BCUT2D eigenvalue weighted by Gasteiger charge is 2.21. The first-order valence-electron chi connectivity index (χ1n) is 13.0. The molecule has 0 saturated carbocycles. The zero-order chi connectivity index (χ0) is 28.4. The summed E-state index contributed by atoms with van der Waals surface area (Å²) >= 11 is 1.55. The fraction of sp³-hybridized carbons (Fsp3) is 0.312. The minimum absolute atomic E-state index is 0.191. The monoisotopic (exact) mass is 548 g/mol. The Morgan fingerprint density at radius 2 is 1.28 bits per heavy atom. The Hall–Kier alpha value is -3.71. The molecule has 0 saturated heterocycles. The van der Waals surface area contributed by atoms with E-state index < -0.39 is 24.1 Å². The van der Waals surface area contributed by atoms with Gasteiger partial charge in [0.25, 0.3) is 0 Å². The molecule has 39 heavy (non-hydrogen) atoms. The lowest BCUT2D eigenvalue weighted by molar-refractivity contribution is -0.146. The van der Waals surface area contributed by atoms with Crippen molar-refractivity contribution in [3.8, 4) is 11.5 Å². The van der Waals surface area contributed by atoms with Crippen LogP contribution in [0.3, 0.4) is 0 Å². The normalized spacial score (nSPS) is 12.3. The fourth-order valence-electron chi connectivity index (χ4n) is 3.58. The highest BCUT2D eigenvalue weighted by atomic mass is 32.2. The number of hydrogen-bond acceptors (Lipinski definition) is 7. The van der Waals surface area contributed by atoms with Gasteiger partial charge < -0.3 is 18.9 Å². The molecular weight excluding hydrogens is 512 g/mol. The molecule has 0 spiro atoms. The number of carbonyl (C=O) groups is 2. The number of ether oxygens (including phenoxy) is 4. The van der Waals surface area contributed by atoms with E-state index in [1.165, 1.54) is 0 Å². The molecule has 3 aromatic carbocycles. The first-order valence-corrected chi connectivity index (χ1v) is 13.8. The molecule has 3 rings (SSSR count). The summed E-state index contributed by atoms with van der Waals surface area (Å²) in [6, 6.07) is 19.7. The second kappa shape index (κ2) is 14.4. The van der Waals surface area contributed by atoms with E-state index in [2.05, 4.69) is 13.2 Å². The maximum absolute atomic E-state index is 12.1. The van der Waals surface area contributed by atoms with Crippen molar-refractivity contribution in [2.24, 2.45) is 0 Å². The van der Waals surface area contributed by atoms with Crippen molar-refractivity contribution in [2.75, 3.05) is 13.2 Å². The van der Waals surface area contributed by atoms with E-state index >= 15 is 0 Å². The lowest BCUT2D eigenvalue weighted by atomic mass is 10.1. The predicted molar refractivity (Wildman–Crippen MR) is 155 cm³/mol. The average Bonchev–Trinajstić information content (AvgIpc) is 2.94. The number of esters is 2. The molecule has 0 bridgehead atoms. The van der Waals surface area contributed by atoms with Crippen molar-refractivity contribution in [3.05, 3.63) is 85.0 Å². The number of rotatable bonds is 14. The van der Waals surface area contributed by atoms with E-state index in [4.69, 9.17) is 18.9 Å². The molecule has 0 aliphatic rings. The maximum atomic E-state index is 12.1. The van der Waals surface area contributed by atoms with Gasteiger partial charge in [-0.1, -0.05) is 81.2 Å². The summed E-state index contributed by atoms with van der Waals surface area (Å²) < 4.78 is 23.7. The molecule has 6 nitrogen and oxygen atoms in total. The Balaban J connectivity index is 1.97. The lowest BCUT2D eigenvalue weighted by Gasteiger charge is -2.22. The molecule has 0 N–H and O–H groups in total. The molecule has 3 aromatic rings. The molecule has 206 valence electrons. The van der Waals surface area contributed by atoms with Crippen LogP contribution in [0.25, 0.3) is 10.8 Å². The quantitative estimate of drug-likeness (QED) is 0.152. The summed E-state index contributed by atoms with van der Waals surface area (Å²) in [7, 11) is 0. The highest BCUT2D eigenvalue weighted by molar-refractivity contribution is 7.99. The molecule has 7 heteroatoms. The topological polar surface area (TPSA) is 71.1 Å². The van der Waals surface area contributed by atoms with Crippen molar-refractivity contribution >= 4 is 34.5 Å². The summed E-state index contributed by atoms with van der Waals surface area (Å²) in [6.45, 7) is 14.8. The number of carbonyl (C=O) groups excluding carboxylic acids is 2. The van der Waals surface area contributed by atoms with Crippen molar-refractivity contribution < 1.29 is 28.5 Å². The largest absolute Gasteiger partial charge is 0.489 e. The van der Waals surface area contributed by atoms with Crippen LogP contribution >= 0.6 is 11.8 Å². The van der Waals surface area contributed by atoms with Gasteiger partial charge in [-0.2, -0.15) is 0 Å². The first-order chi connectivity index (χ1) is 18.7. The maximum Gasteiger partial charge on any atom is 0.333 e. The van der Waals surface area contributed by atoms with Gasteiger partial charge in [0.2, 0.25) is 0 Å². The van der Waals surface area contributed by atoms with E-state index in [-0.39, 0.29) is 13.2 Å². The molecule has 0 amide bonds. The predicted octanol–water partition coefficient (Wildman–Crippen LogP) is 7.54. The minimum atomic E-state index is -0.434. The third kappa shape index (κ3) is 8.39. The Morgan fingerprint density at radius 1 is 0.769 bits per heavy atom. The smallest absolute Gasteiger partial charge is 0.333 e. The van der Waals surface area contributed by atoms with Crippen LogP contribution in [-0.4, -0.2) is 37.4 Å². The standard InChI is InChI=1S/C32H36O6S/c1-7-23(37-31(33)21(3)4)19-35-28-18-29(39-25-14-10-9-11-15-25)30(27-17-13-12-16-26(27)28)36-20-24(8-2)38-32(34)22(5)6/h9-18,23-24H,3,5,7-8,19-20H2,1-2,4,6H3. The highest BCUT2D eigenvalue weighted by Crippen LogP contribution is 2.44. The van der Waals surface area contributed by atoms with Gasteiger partial charge in [-0.15, -0.1) is 0 Å².